The highest BCUT2D eigenvalue weighted by atomic mass is 16.6. The lowest BCUT2D eigenvalue weighted by molar-refractivity contribution is 0.0526. The average Bonchev–Trinajstić information content (AvgIpc) is 3.02. The molecule has 160 valence electrons. The molecule has 0 radical (unpaired) electrons. The van der Waals surface area contributed by atoms with Gasteiger partial charge < -0.3 is 24.8 Å². The van der Waals surface area contributed by atoms with Gasteiger partial charge >= 0.3 is 6.09 Å². The zero-order valence-electron chi connectivity index (χ0n) is 18.0. The zero-order chi connectivity index (χ0) is 22.4. The molecule has 6 heteroatoms. The van der Waals surface area contributed by atoms with Crippen molar-refractivity contribution in [2.75, 3.05) is 19.8 Å². The minimum absolute atomic E-state index is 0.201. The summed E-state index contributed by atoms with van der Waals surface area (Å²) in [6.45, 7) is 5.97. The van der Waals surface area contributed by atoms with E-state index in [2.05, 4.69) is 33.6 Å². The number of hydrogen-bond donors (Lipinski definition) is 3. The van der Waals surface area contributed by atoms with Crippen molar-refractivity contribution in [2.45, 2.75) is 32.9 Å². The third-order valence-corrected chi connectivity index (χ3v) is 4.49. The zero-order valence-corrected chi connectivity index (χ0v) is 18.0. The summed E-state index contributed by atoms with van der Waals surface area (Å²) >= 11 is 0. The second-order valence-corrected chi connectivity index (χ2v) is 7.96. The van der Waals surface area contributed by atoms with Crippen molar-refractivity contribution in [3.05, 3.63) is 47.5 Å². The minimum Gasteiger partial charge on any atom is -0.444 e. The Kier molecular flexibility index (Phi) is 6.87. The molecule has 3 rings (SSSR count). The van der Waals surface area contributed by atoms with Crippen LogP contribution in [0.15, 0.2) is 36.4 Å². The molecule has 0 aliphatic carbocycles. The fraction of sp³-hybridized carbons (Fsp3) is 0.320. The van der Waals surface area contributed by atoms with E-state index in [1.807, 2.05) is 57.2 Å². The minimum atomic E-state index is -0.558. The van der Waals surface area contributed by atoms with Crippen LogP contribution in [-0.4, -0.2) is 46.2 Å². The van der Waals surface area contributed by atoms with Crippen molar-refractivity contribution >= 4 is 27.9 Å². The number of ether oxygens (including phenoxy) is 1. The summed E-state index contributed by atoms with van der Waals surface area (Å²) in [6, 6.07) is 11.8. The summed E-state index contributed by atoms with van der Waals surface area (Å²) in [5.41, 5.74) is 2.98. The Labute approximate surface area is 181 Å². The topological polar surface area (TPSA) is 83.7 Å². The lowest BCUT2D eigenvalue weighted by atomic mass is 10.1. The first-order valence-corrected chi connectivity index (χ1v) is 10.0. The van der Waals surface area contributed by atoms with E-state index in [1.165, 1.54) is 0 Å². The van der Waals surface area contributed by atoms with Gasteiger partial charge in [-0.1, -0.05) is 35.8 Å². The molecule has 1 amide bonds. The first-order chi connectivity index (χ1) is 14.8. The summed E-state index contributed by atoms with van der Waals surface area (Å²) in [7, 11) is 0. The quantitative estimate of drug-likeness (QED) is 0.571. The maximum atomic E-state index is 12.0. The number of carbonyl (C=O) groups excluding carboxylic acids is 1. The maximum Gasteiger partial charge on any atom is 0.407 e. The van der Waals surface area contributed by atoms with E-state index in [9.17, 15) is 4.79 Å². The number of aromatic nitrogens is 1. The van der Waals surface area contributed by atoms with Gasteiger partial charge in [-0.3, -0.25) is 0 Å². The molecule has 0 aliphatic heterocycles. The SMILES string of the molecule is CC(C)(C)OC(=O)NCCn1c2cc(C#CCO)ccc2c2ccc(C#CCO)cc21. The van der Waals surface area contributed by atoms with E-state index in [-0.39, 0.29) is 13.2 Å². The summed E-state index contributed by atoms with van der Waals surface area (Å²) in [6.07, 6.45) is -0.461. The lowest BCUT2D eigenvalue weighted by Crippen LogP contribution is -2.34. The molecule has 0 aliphatic rings. The van der Waals surface area contributed by atoms with Crippen LogP contribution in [0.3, 0.4) is 0 Å². The van der Waals surface area contributed by atoms with Crippen LogP contribution in [-0.2, 0) is 11.3 Å². The molecule has 0 atom stereocenters. The smallest absolute Gasteiger partial charge is 0.407 e. The number of aliphatic hydroxyl groups excluding tert-OH is 2. The Morgan fingerprint density at radius 3 is 1.94 bits per heavy atom. The second-order valence-electron chi connectivity index (χ2n) is 7.96. The van der Waals surface area contributed by atoms with Crippen LogP contribution in [0.25, 0.3) is 21.8 Å². The van der Waals surface area contributed by atoms with E-state index < -0.39 is 11.7 Å². The number of alkyl carbamates (subject to hydrolysis) is 1. The van der Waals surface area contributed by atoms with Gasteiger partial charge in [0.05, 0.1) is 11.0 Å². The van der Waals surface area contributed by atoms with E-state index in [0.717, 1.165) is 32.9 Å². The van der Waals surface area contributed by atoms with E-state index >= 15 is 0 Å². The summed E-state index contributed by atoms with van der Waals surface area (Å²) < 4.78 is 7.42. The molecule has 0 bridgehead atoms. The fourth-order valence-electron chi connectivity index (χ4n) is 3.36. The summed E-state index contributed by atoms with van der Waals surface area (Å²) in [5.74, 6) is 11.2. The van der Waals surface area contributed by atoms with Crippen molar-refractivity contribution in [3.8, 4) is 23.7 Å². The van der Waals surface area contributed by atoms with Crippen molar-refractivity contribution < 1.29 is 19.7 Å². The van der Waals surface area contributed by atoms with E-state index in [4.69, 9.17) is 14.9 Å². The molecule has 0 fully saturated rings. The van der Waals surface area contributed by atoms with E-state index in [0.29, 0.717) is 13.1 Å². The number of amides is 1. The molecular weight excluding hydrogens is 392 g/mol. The lowest BCUT2D eigenvalue weighted by Gasteiger charge is -2.19. The molecule has 0 saturated heterocycles. The molecule has 2 aromatic carbocycles. The summed E-state index contributed by atoms with van der Waals surface area (Å²) in [4.78, 5) is 12.0. The van der Waals surface area contributed by atoms with Crippen LogP contribution in [0, 0.1) is 23.7 Å². The number of hydrogen-bond acceptors (Lipinski definition) is 4. The predicted octanol–water partition coefficient (Wildman–Crippen LogP) is 3.01. The van der Waals surface area contributed by atoms with Crippen molar-refractivity contribution in [1.82, 2.24) is 9.88 Å². The highest BCUT2D eigenvalue weighted by molar-refractivity contribution is 6.08. The molecule has 1 heterocycles. The molecule has 6 nitrogen and oxygen atoms in total. The van der Waals surface area contributed by atoms with Crippen LogP contribution in [0.2, 0.25) is 0 Å². The van der Waals surface area contributed by atoms with Gasteiger partial charge in [-0.15, -0.1) is 0 Å². The molecule has 3 aromatic rings. The molecule has 0 unspecified atom stereocenters. The van der Waals surface area contributed by atoms with Gasteiger partial charge in [-0.25, -0.2) is 4.79 Å². The number of fused-ring (bicyclic) bond motifs is 3. The Bertz CT molecular complexity index is 1150. The van der Waals surface area contributed by atoms with Crippen LogP contribution in [0.1, 0.15) is 31.9 Å². The van der Waals surface area contributed by atoms with Crippen LogP contribution in [0.5, 0.6) is 0 Å². The third kappa shape index (κ3) is 5.58. The van der Waals surface area contributed by atoms with Gasteiger partial charge in [0.15, 0.2) is 0 Å². The largest absolute Gasteiger partial charge is 0.444 e. The number of rotatable bonds is 3. The average molecular weight is 418 g/mol. The third-order valence-electron chi connectivity index (χ3n) is 4.49. The van der Waals surface area contributed by atoms with Crippen LogP contribution >= 0.6 is 0 Å². The molecule has 3 N–H and O–H groups in total. The molecule has 0 spiro atoms. The number of carbonyl (C=O) groups is 1. The van der Waals surface area contributed by atoms with Crippen LogP contribution < -0.4 is 5.32 Å². The highest BCUT2D eigenvalue weighted by Crippen LogP contribution is 2.30. The Hall–Kier alpha value is -3.45. The fourth-order valence-corrected chi connectivity index (χ4v) is 3.36. The Balaban J connectivity index is 2.01. The van der Waals surface area contributed by atoms with Gasteiger partial charge in [0.25, 0.3) is 0 Å². The number of nitrogens with zero attached hydrogens (tertiary/aromatic N) is 1. The number of nitrogens with one attached hydrogen (secondary N) is 1. The summed E-state index contributed by atoms with van der Waals surface area (Å²) in [5, 5.41) is 22.9. The van der Waals surface area contributed by atoms with Gasteiger partial charge in [0, 0.05) is 35.0 Å². The van der Waals surface area contributed by atoms with Gasteiger partial charge in [-0.2, -0.15) is 0 Å². The van der Waals surface area contributed by atoms with Crippen LogP contribution in [0.4, 0.5) is 4.79 Å². The predicted molar refractivity (Wildman–Crippen MR) is 122 cm³/mol. The number of benzene rings is 2. The van der Waals surface area contributed by atoms with E-state index in [1.54, 1.807) is 0 Å². The van der Waals surface area contributed by atoms with Gasteiger partial charge in [-0.05, 0) is 45.0 Å². The number of aliphatic hydroxyl groups is 2. The maximum absolute atomic E-state index is 12.0. The normalized spacial score (nSPS) is 10.9. The van der Waals surface area contributed by atoms with Crippen molar-refractivity contribution in [2.24, 2.45) is 0 Å². The first kappa shape index (κ1) is 22.2. The molecule has 1 aromatic heterocycles. The highest BCUT2D eigenvalue weighted by Gasteiger charge is 2.16. The Morgan fingerprint density at radius 2 is 1.48 bits per heavy atom. The van der Waals surface area contributed by atoms with Crippen molar-refractivity contribution in [1.29, 1.82) is 0 Å². The molecule has 31 heavy (non-hydrogen) atoms. The van der Waals surface area contributed by atoms with Crippen molar-refractivity contribution in [3.63, 3.8) is 0 Å². The standard InChI is InChI=1S/C25H26N2O4/c1-25(2,3)31-24(30)26-12-13-27-22-16-18(6-4-14-28)8-10-20(22)21-11-9-19(7-5-15-29)17-23(21)27/h8-11,16-17,28-29H,12-15H2,1-3H3,(H,26,30). The Morgan fingerprint density at radius 1 is 0.968 bits per heavy atom. The monoisotopic (exact) mass is 418 g/mol. The second kappa shape index (κ2) is 9.57. The molecular formula is C25H26N2O4. The first-order valence-electron chi connectivity index (χ1n) is 10.0. The molecule has 0 saturated carbocycles. The van der Waals surface area contributed by atoms with Gasteiger partial charge in [0.2, 0.25) is 0 Å². The van der Waals surface area contributed by atoms with Gasteiger partial charge in [0.1, 0.15) is 18.8 Å².